The van der Waals surface area contributed by atoms with Gasteiger partial charge in [-0.2, -0.15) is 0 Å². The molecule has 0 fully saturated rings. The van der Waals surface area contributed by atoms with Gasteiger partial charge in [-0.1, -0.05) is 133 Å². The summed E-state index contributed by atoms with van der Waals surface area (Å²) in [5.41, 5.74) is 0. The van der Waals surface area contributed by atoms with Crippen molar-refractivity contribution in [2.45, 2.75) is 136 Å². The van der Waals surface area contributed by atoms with E-state index in [2.05, 4.69) is 58.2 Å². The van der Waals surface area contributed by atoms with Crippen LogP contribution in [0.2, 0.25) is 2.78 Å². The third-order valence-electron chi connectivity index (χ3n) is 0. The third-order valence-corrected chi connectivity index (χ3v) is 0. The van der Waals surface area contributed by atoms with Crippen LogP contribution in [0.4, 0.5) is 0 Å². The van der Waals surface area contributed by atoms with Gasteiger partial charge in [-0.25, -0.2) is 0 Å². The minimum absolute atomic E-state index is 0. The van der Waals surface area contributed by atoms with E-state index in [0.717, 1.165) is 0 Å². The summed E-state index contributed by atoms with van der Waals surface area (Å²) in [6.07, 6.45) is 5.00. The molecule has 0 spiro atoms. The van der Waals surface area contributed by atoms with Gasteiger partial charge < -0.3 is 0 Å². The average Bonchev–Trinajstić information content (AvgIpc) is 2.09. The molecule has 0 unspecified atom stereocenters. The standard InChI is InChI=1S/4C3H8.C2H6Xe.7CH4/c5*1-3-2;;;;;;;/h4*3H2,1-2H3;1-2H3;7*1H4. The van der Waals surface area contributed by atoms with Crippen LogP contribution in [0.1, 0.15) is 133 Å². The van der Waals surface area contributed by atoms with Crippen molar-refractivity contribution in [3.8, 4) is 0 Å². The van der Waals surface area contributed by atoms with Crippen LogP contribution in [0.5, 0.6) is 0 Å². The first-order chi connectivity index (χ1) is 7.07. The first-order valence-corrected chi connectivity index (χ1v) is 10.4. The van der Waals surface area contributed by atoms with E-state index in [1.165, 1.54) is 25.7 Å². The molecule has 0 saturated carbocycles. The zero-order chi connectivity index (χ0) is 13.5. The van der Waals surface area contributed by atoms with Crippen LogP contribution < -0.4 is 0 Å². The molecule has 0 aliphatic heterocycles. The summed E-state index contributed by atoms with van der Waals surface area (Å²) in [4.78, 5) is 0. The van der Waals surface area contributed by atoms with E-state index in [1.54, 1.807) is 0 Å². The van der Waals surface area contributed by atoms with Crippen LogP contribution in [0.25, 0.3) is 0 Å². The quantitative estimate of drug-likeness (QED) is 0.344. The summed E-state index contributed by atoms with van der Waals surface area (Å²) in [6.45, 7) is 17.0. The Balaban J connectivity index is -0.00000000526. The maximum atomic E-state index is 2.22. The van der Waals surface area contributed by atoms with Gasteiger partial charge in [-0.05, 0) is 0 Å². The second-order valence-electron chi connectivity index (χ2n) is 3.18. The van der Waals surface area contributed by atoms with E-state index in [4.69, 9.17) is 0 Å². The van der Waals surface area contributed by atoms with E-state index < -0.39 is 0 Å². The molecule has 22 heavy (non-hydrogen) atoms. The molecule has 0 aromatic heterocycles. The molecule has 0 radical (unpaired) electrons. The fourth-order valence-electron chi connectivity index (χ4n) is 0. The molecule has 0 atom stereocenters. The van der Waals surface area contributed by atoms with E-state index in [9.17, 15) is 0 Å². The van der Waals surface area contributed by atoms with Gasteiger partial charge in [0.15, 0.2) is 0 Å². The molecule has 0 amide bonds. The van der Waals surface area contributed by atoms with E-state index in [1.807, 2.05) is 0 Å². The Bertz CT molecular complexity index is 17.5. The van der Waals surface area contributed by atoms with Crippen molar-refractivity contribution in [2.75, 3.05) is 0 Å². The van der Waals surface area contributed by atoms with Crippen molar-refractivity contribution in [1.29, 1.82) is 0 Å². The summed E-state index contributed by atoms with van der Waals surface area (Å²) in [5.74, 6) is 0. The average molecular weight is 450 g/mol. The predicted octanol–water partition coefficient (Wildman–Crippen LogP) is 11.3. The Morgan fingerprint density at radius 2 is 0.364 bits per heavy atom. The van der Waals surface area contributed by atoms with Gasteiger partial charge in [0.1, 0.15) is 0 Å². The second-order valence-corrected chi connectivity index (χ2v) is 5.20. The zero-order valence-electron chi connectivity index (χ0n) is 13.2. The molecular weight excluding hydrogens is 384 g/mol. The van der Waals surface area contributed by atoms with Crippen molar-refractivity contribution in [3.05, 3.63) is 0 Å². The fraction of sp³-hybridized carbons (Fsp3) is 1.00. The molecular formula is C21H66Xe. The van der Waals surface area contributed by atoms with Crippen LogP contribution in [-0.4, -0.2) is 0 Å². The van der Waals surface area contributed by atoms with Gasteiger partial charge in [0.25, 0.3) is 0 Å². The van der Waals surface area contributed by atoms with Crippen molar-refractivity contribution < 1.29 is 44.2 Å². The monoisotopic (exact) mass is 450 g/mol. The first kappa shape index (κ1) is 89.7. The van der Waals surface area contributed by atoms with Crippen molar-refractivity contribution in [3.63, 3.8) is 0 Å². The minimum atomic E-state index is 0. The molecule has 0 N–H and O–H groups in total. The Kier molecular flexibility index (Phi) is 992. The van der Waals surface area contributed by atoms with Gasteiger partial charge in [-0.15, -0.1) is 0 Å². The third kappa shape index (κ3) is 3700. The van der Waals surface area contributed by atoms with Crippen LogP contribution in [0.15, 0.2) is 0 Å². The topological polar surface area (TPSA) is 0 Å². The summed E-state index contributed by atoms with van der Waals surface area (Å²) in [5, 5.41) is 0. The summed E-state index contributed by atoms with van der Waals surface area (Å²) < 4.78 is 4.43. The van der Waals surface area contributed by atoms with Gasteiger partial charge in [0.2, 0.25) is 0 Å². The molecule has 1 heteroatoms. The van der Waals surface area contributed by atoms with Crippen LogP contribution in [0, 0.1) is 44.2 Å². The molecule has 0 aromatic carbocycles. The predicted molar refractivity (Wildman–Crippen MR) is 123 cm³/mol. The van der Waals surface area contributed by atoms with E-state index in [0.29, 0.717) is 44.2 Å². The van der Waals surface area contributed by atoms with Gasteiger partial charge in [-0.3, -0.25) is 0 Å². The maximum absolute atomic E-state index is 2.22. The molecule has 0 rings (SSSR count). The number of rotatable bonds is 0. The van der Waals surface area contributed by atoms with Crippen molar-refractivity contribution in [2.24, 2.45) is 0 Å². The summed E-state index contributed by atoms with van der Waals surface area (Å²) in [6, 6.07) is 0. The molecule has 0 aliphatic rings. The molecule has 0 heterocycles. The Morgan fingerprint density at radius 3 is 0.364 bits per heavy atom. The number of hydrogen-bond donors (Lipinski definition) is 0. The molecule has 158 valence electrons. The fourth-order valence-corrected chi connectivity index (χ4v) is 0. The van der Waals surface area contributed by atoms with Crippen LogP contribution in [0.3, 0.4) is 0 Å². The summed E-state index contributed by atoms with van der Waals surface area (Å²) in [7, 11) is 0. The normalized spacial score (nSPS) is 4.27. The van der Waals surface area contributed by atoms with Crippen LogP contribution >= 0.6 is 0 Å². The Labute approximate surface area is 178 Å². The second kappa shape index (κ2) is 243. The van der Waals surface area contributed by atoms with Gasteiger partial charge in [0.05, 0.1) is 0 Å². The molecule has 0 saturated heterocycles. The summed E-state index contributed by atoms with van der Waals surface area (Å²) >= 11 is 0.710. The van der Waals surface area contributed by atoms with Crippen LogP contribution in [-0.2, 0) is 0 Å². The van der Waals surface area contributed by atoms with E-state index >= 15 is 0 Å². The number of hydrogen-bond acceptors (Lipinski definition) is 0. The SMILES string of the molecule is C.C.C.C.C.C.C.CCC.CCC.CCC.CCC.C[Xe]C. The molecule has 0 aromatic rings. The first-order valence-electron chi connectivity index (χ1n) is 6.36. The van der Waals surface area contributed by atoms with Crippen molar-refractivity contribution >= 4 is 0 Å². The molecule has 0 aliphatic carbocycles. The van der Waals surface area contributed by atoms with E-state index in [-0.39, 0.29) is 52.0 Å². The van der Waals surface area contributed by atoms with Gasteiger partial charge in [0, 0.05) is 0 Å². The Hall–Kier alpha value is 1.57. The molecule has 0 nitrogen and oxygen atoms in total. The zero-order valence-corrected chi connectivity index (χ0v) is 15.2. The van der Waals surface area contributed by atoms with Gasteiger partial charge >= 0.3 is 47.0 Å². The Morgan fingerprint density at radius 1 is 0.364 bits per heavy atom. The molecule has 0 bridgehead atoms. The van der Waals surface area contributed by atoms with Crippen molar-refractivity contribution in [1.82, 2.24) is 0 Å².